The minimum Gasteiger partial charge on any atom is -0.493 e. The maximum atomic E-state index is 9.48. The van der Waals surface area contributed by atoms with Crippen molar-refractivity contribution in [1.29, 1.82) is 0 Å². The summed E-state index contributed by atoms with van der Waals surface area (Å²) in [6.07, 6.45) is -0.282. The maximum absolute atomic E-state index is 9.48. The van der Waals surface area contributed by atoms with Gasteiger partial charge in [-0.25, -0.2) is 0 Å². The molecule has 1 aliphatic heterocycles. The van der Waals surface area contributed by atoms with E-state index in [4.69, 9.17) is 9.26 Å². The van der Waals surface area contributed by atoms with Gasteiger partial charge in [0, 0.05) is 32.7 Å². The Hall–Kier alpha value is -1.96. The molecule has 1 unspecified atom stereocenters. The van der Waals surface area contributed by atoms with Gasteiger partial charge in [-0.15, -0.1) is 0 Å². The summed E-state index contributed by atoms with van der Waals surface area (Å²) < 4.78 is 11.1. The van der Waals surface area contributed by atoms with Crippen molar-refractivity contribution in [3.05, 3.63) is 30.2 Å². The van der Waals surface area contributed by atoms with Gasteiger partial charge in [0.15, 0.2) is 0 Å². The SMILES string of the molecule is CCOc1ccccc1-c1noc(CN2CCN(CC(C)O)CC2)n1. The zero-order valence-corrected chi connectivity index (χ0v) is 14.9. The molecule has 0 radical (unpaired) electrons. The van der Waals surface area contributed by atoms with Gasteiger partial charge in [-0.1, -0.05) is 17.3 Å². The summed E-state index contributed by atoms with van der Waals surface area (Å²) in [5, 5.41) is 13.6. The Bertz CT molecular complexity index is 666. The normalized spacial score (nSPS) is 17.6. The Morgan fingerprint density at radius 2 is 1.92 bits per heavy atom. The zero-order chi connectivity index (χ0) is 17.6. The summed E-state index contributed by atoms with van der Waals surface area (Å²) in [4.78, 5) is 9.10. The number of nitrogens with zero attached hydrogens (tertiary/aromatic N) is 4. The maximum Gasteiger partial charge on any atom is 0.241 e. The second-order valence-electron chi connectivity index (χ2n) is 6.37. The molecular weight excluding hydrogens is 320 g/mol. The van der Waals surface area contributed by atoms with E-state index >= 15 is 0 Å². The predicted octanol–water partition coefficient (Wildman–Crippen LogP) is 1.63. The summed E-state index contributed by atoms with van der Waals surface area (Å²) in [6, 6.07) is 7.72. The second-order valence-corrected chi connectivity index (χ2v) is 6.37. The zero-order valence-electron chi connectivity index (χ0n) is 14.9. The number of aliphatic hydroxyl groups is 1. The van der Waals surface area contributed by atoms with Crippen LogP contribution in [0.3, 0.4) is 0 Å². The van der Waals surface area contributed by atoms with Gasteiger partial charge in [0.25, 0.3) is 0 Å². The molecular formula is C18H26N4O3. The first-order valence-corrected chi connectivity index (χ1v) is 8.83. The highest BCUT2D eigenvalue weighted by molar-refractivity contribution is 5.63. The van der Waals surface area contributed by atoms with Gasteiger partial charge in [0.05, 0.1) is 24.8 Å². The van der Waals surface area contributed by atoms with Gasteiger partial charge < -0.3 is 14.4 Å². The molecule has 1 aliphatic rings. The first-order chi connectivity index (χ1) is 12.2. The van der Waals surface area contributed by atoms with Crippen molar-refractivity contribution in [2.24, 2.45) is 0 Å². The Kier molecular flexibility index (Phi) is 6.01. The molecule has 0 bridgehead atoms. The third-order valence-electron chi connectivity index (χ3n) is 4.24. The van der Waals surface area contributed by atoms with Crippen molar-refractivity contribution in [2.75, 3.05) is 39.3 Å². The Labute approximate surface area is 148 Å². The lowest BCUT2D eigenvalue weighted by atomic mass is 10.2. The van der Waals surface area contributed by atoms with Crippen LogP contribution < -0.4 is 4.74 Å². The molecule has 0 saturated carbocycles. The molecule has 0 aliphatic carbocycles. The first kappa shape index (κ1) is 17.8. The molecule has 1 aromatic heterocycles. The minimum absolute atomic E-state index is 0.282. The molecule has 1 fully saturated rings. The van der Waals surface area contributed by atoms with Crippen LogP contribution in [0.4, 0.5) is 0 Å². The number of ether oxygens (including phenoxy) is 1. The fourth-order valence-corrected chi connectivity index (χ4v) is 3.06. The van der Waals surface area contributed by atoms with Crippen LogP contribution in [0.25, 0.3) is 11.4 Å². The fraction of sp³-hybridized carbons (Fsp3) is 0.556. The summed E-state index contributed by atoms with van der Waals surface area (Å²) in [7, 11) is 0. The first-order valence-electron chi connectivity index (χ1n) is 8.83. The van der Waals surface area contributed by atoms with E-state index in [0.717, 1.165) is 44.0 Å². The Morgan fingerprint density at radius 3 is 2.64 bits per heavy atom. The van der Waals surface area contributed by atoms with Crippen molar-refractivity contribution in [3.8, 4) is 17.1 Å². The molecule has 1 atom stereocenters. The Morgan fingerprint density at radius 1 is 1.20 bits per heavy atom. The number of β-amino-alcohol motifs (C(OH)–C–C–N with tert-alkyl or cyclic N) is 1. The monoisotopic (exact) mass is 346 g/mol. The van der Waals surface area contributed by atoms with E-state index in [-0.39, 0.29) is 6.10 Å². The van der Waals surface area contributed by atoms with E-state index in [9.17, 15) is 5.11 Å². The molecule has 7 heteroatoms. The number of benzene rings is 1. The van der Waals surface area contributed by atoms with Gasteiger partial charge in [-0.3, -0.25) is 9.80 Å². The van der Waals surface area contributed by atoms with Crippen LogP contribution in [0.2, 0.25) is 0 Å². The van der Waals surface area contributed by atoms with Crippen molar-refractivity contribution in [1.82, 2.24) is 19.9 Å². The Balaban J connectivity index is 1.60. The number of aromatic nitrogens is 2. The standard InChI is InChI=1S/C18H26N4O3/c1-3-24-16-7-5-4-6-15(16)18-19-17(25-20-18)13-22-10-8-21(9-11-22)12-14(2)23/h4-7,14,23H,3,8-13H2,1-2H3. The molecule has 0 amide bonds. The van der Waals surface area contributed by atoms with Crippen molar-refractivity contribution in [3.63, 3.8) is 0 Å². The van der Waals surface area contributed by atoms with Crippen LogP contribution in [-0.4, -0.2) is 70.5 Å². The third kappa shape index (κ3) is 4.78. The minimum atomic E-state index is -0.282. The van der Waals surface area contributed by atoms with Crippen LogP contribution >= 0.6 is 0 Å². The lowest BCUT2D eigenvalue weighted by Gasteiger charge is -2.34. The molecule has 2 heterocycles. The predicted molar refractivity (Wildman–Crippen MR) is 94.3 cm³/mol. The average molecular weight is 346 g/mol. The average Bonchev–Trinajstić information content (AvgIpc) is 3.05. The molecule has 7 nitrogen and oxygen atoms in total. The molecule has 25 heavy (non-hydrogen) atoms. The van der Waals surface area contributed by atoms with Crippen LogP contribution in [0.5, 0.6) is 5.75 Å². The number of hydrogen-bond acceptors (Lipinski definition) is 7. The molecule has 3 rings (SSSR count). The molecule has 1 N–H and O–H groups in total. The highest BCUT2D eigenvalue weighted by Gasteiger charge is 2.20. The van der Waals surface area contributed by atoms with Crippen molar-refractivity contribution >= 4 is 0 Å². The third-order valence-corrected chi connectivity index (χ3v) is 4.24. The summed E-state index contributed by atoms with van der Waals surface area (Å²) in [5.41, 5.74) is 0.848. The van der Waals surface area contributed by atoms with Gasteiger partial charge in [0.1, 0.15) is 5.75 Å². The van der Waals surface area contributed by atoms with E-state index in [0.29, 0.717) is 24.9 Å². The number of para-hydroxylation sites is 1. The van der Waals surface area contributed by atoms with Gasteiger partial charge in [0.2, 0.25) is 11.7 Å². The number of piperazine rings is 1. The van der Waals surface area contributed by atoms with Crippen LogP contribution in [-0.2, 0) is 6.54 Å². The number of rotatable bonds is 7. The van der Waals surface area contributed by atoms with Gasteiger partial charge in [-0.2, -0.15) is 4.98 Å². The summed E-state index contributed by atoms with van der Waals surface area (Å²) in [6.45, 7) is 9.50. The molecule has 2 aromatic rings. The van der Waals surface area contributed by atoms with Crippen molar-refractivity contribution in [2.45, 2.75) is 26.5 Å². The van der Waals surface area contributed by atoms with E-state index in [1.807, 2.05) is 38.1 Å². The van der Waals surface area contributed by atoms with Crippen molar-refractivity contribution < 1.29 is 14.4 Å². The van der Waals surface area contributed by atoms with E-state index in [1.54, 1.807) is 0 Å². The van der Waals surface area contributed by atoms with E-state index in [1.165, 1.54) is 0 Å². The smallest absolute Gasteiger partial charge is 0.241 e. The van der Waals surface area contributed by atoms with Crippen LogP contribution in [0.1, 0.15) is 19.7 Å². The van der Waals surface area contributed by atoms with Crippen LogP contribution in [0, 0.1) is 0 Å². The van der Waals surface area contributed by atoms with Gasteiger partial charge in [-0.05, 0) is 26.0 Å². The molecule has 1 saturated heterocycles. The molecule has 0 spiro atoms. The summed E-state index contributed by atoms with van der Waals surface area (Å²) >= 11 is 0. The number of hydrogen-bond donors (Lipinski definition) is 1. The second kappa shape index (κ2) is 8.42. The number of aliphatic hydroxyl groups excluding tert-OH is 1. The summed E-state index contributed by atoms with van der Waals surface area (Å²) in [5.74, 6) is 1.95. The molecule has 1 aromatic carbocycles. The lowest BCUT2D eigenvalue weighted by Crippen LogP contribution is -2.47. The molecule has 136 valence electrons. The van der Waals surface area contributed by atoms with Gasteiger partial charge >= 0.3 is 0 Å². The van der Waals surface area contributed by atoms with E-state index in [2.05, 4.69) is 19.9 Å². The van der Waals surface area contributed by atoms with Crippen LogP contribution in [0.15, 0.2) is 28.8 Å². The highest BCUT2D eigenvalue weighted by atomic mass is 16.5. The lowest BCUT2D eigenvalue weighted by molar-refractivity contribution is 0.0737. The highest BCUT2D eigenvalue weighted by Crippen LogP contribution is 2.27. The topological polar surface area (TPSA) is 74.9 Å². The quantitative estimate of drug-likeness (QED) is 0.817. The largest absolute Gasteiger partial charge is 0.493 e. The van der Waals surface area contributed by atoms with E-state index < -0.39 is 0 Å². The fourth-order valence-electron chi connectivity index (χ4n) is 3.06.